The summed E-state index contributed by atoms with van der Waals surface area (Å²) in [7, 11) is -3.29. The van der Waals surface area contributed by atoms with Crippen LogP contribution < -0.4 is 0 Å². The van der Waals surface area contributed by atoms with Crippen LogP contribution in [-0.4, -0.2) is 47.5 Å². The minimum atomic E-state index is -3.29. The maximum atomic E-state index is 13.0. The van der Waals surface area contributed by atoms with E-state index in [0.717, 1.165) is 22.8 Å². The summed E-state index contributed by atoms with van der Waals surface area (Å²) in [5.41, 5.74) is 1.84. The van der Waals surface area contributed by atoms with Gasteiger partial charge in [-0.15, -0.1) is 11.3 Å². The Morgan fingerprint density at radius 2 is 1.96 bits per heavy atom. The first kappa shape index (κ1) is 17.1. The quantitative estimate of drug-likeness (QED) is 0.815. The molecule has 2 atom stereocenters. The Hall–Kier alpha value is -1.35. The second-order valence-electron chi connectivity index (χ2n) is 6.81. The van der Waals surface area contributed by atoms with Crippen LogP contribution in [0.5, 0.6) is 0 Å². The van der Waals surface area contributed by atoms with Crippen molar-refractivity contribution in [2.45, 2.75) is 25.3 Å². The summed E-state index contributed by atoms with van der Waals surface area (Å²) >= 11 is 1.54. The maximum Gasteiger partial charge on any atom is 0.218 e. The Kier molecular flexibility index (Phi) is 4.39. The number of aryl methyl sites for hydroxylation is 1. The topological polar surface area (TPSA) is 53.5 Å². The number of fused-ring (bicyclic) bond motifs is 1. The number of rotatable bonds is 4. The van der Waals surface area contributed by atoms with Crippen molar-refractivity contribution in [2.24, 2.45) is 5.92 Å². The number of hydrogen-bond acceptors (Lipinski definition) is 5. The summed E-state index contributed by atoms with van der Waals surface area (Å²) in [5.74, 6) is -0.122. The van der Waals surface area contributed by atoms with E-state index in [-0.39, 0.29) is 17.0 Å². The molecule has 0 aliphatic carbocycles. The summed E-state index contributed by atoms with van der Waals surface area (Å²) in [4.78, 5) is 6.54. The van der Waals surface area contributed by atoms with E-state index in [0.29, 0.717) is 26.2 Å². The van der Waals surface area contributed by atoms with Crippen molar-refractivity contribution >= 4 is 21.4 Å². The largest absolute Gasteiger partial charge is 0.297 e. The van der Waals surface area contributed by atoms with E-state index < -0.39 is 10.0 Å². The van der Waals surface area contributed by atoms with Crippen molar-refractivity contribution in [3.63, 3.8) is 0 Å². The Bertz CT molecular complexity index is 866. The number of halogens is 1. The van der Waals surface area contributed by atoms with Gasteiger partial charge in [-0.1, -0.05) is 12.1 Å². The third-order valence-corrected chi connectivity index (χ3v) is 8.08. The molecule has 4 rings (SSSR count). The van der Waals surface area contributed by atoms with Crippen LogP contribution in [0.1, 0.15) is 16.3 Å². The van der Waals surface area contributed by atoms with Gasteiger partial charge < -0.3 is 0 Å². The zero-order valence-electron chi connectivity index (χ0n) is 13.9. The highest BCUT2D eigenvalue weighted by atomic mass is 32.2. The monoisotopic (exact) mass is 381 g/mol. The highest BCUT2D eigenvalue weighted by Crippen LogP contribution is 2.35. The van der Waals surface area contributed by atoms with Crippen LogP contribution in [0.2, 0.25) is 0 Å². The second-order valence-corrected chi connectivity index (χ2v) is 10.0. The number of hydrogen-bond donors (Lipinski definition) is 0. The van der Waals surface area contributed by atoms with Gasteiger partial charge in [-0.05, 0) is 24.6 Å². The van der Waals surface area contributed by atoms with Crippen LogP contribution in [0.25, 0.3) is 0 Å². The van der Waals surface area contributed by atoms with Crippen LogP contribution in [0.15, 0.2) is 29.6 Å². The van der Waals surface area contributed by atoms with Crippen LogP contribution in [0.3, 0.4) is 0 Å². The molecule has 3 heterocycles. The van der Waals surface area contributed by atoms with E-state index in [9.17, 15) is 12.8 Å². The van der Waals surface area contributed by atoms with Crippen LogP contribution in [-0.2, 0) is 23.1 Å². The number of thiazole rings is 1. The molecule has 0 bridgehead atoms. The van der Waals surface area contributed by atoms with E-state index in [4.69, 9.17) is 0 Å². The molecule has 1 aromatic carbocycles. The molecule has 8 heteroatoms. The van der Waals surface area contributed by atoms with Crippen molar-refractivity contribution in [3.8, 4) is 0 Å². The van der Waals surface area contributed by atoms with Crippen LogP contribution in [0, 0.1) is 18.7 Å². The smallest absolute Gasteiger partial charge is 0.218 e. The van der Waals surface area contributed by atoms with Gasteiger partial charge >= 0.3 is 0 Å². The molecule has 0 spiro atoms. The third kappa shape index (κ3) is 3.36. The highest BCUT2D eigenvalue weighted by Gasteiger charge is 2.50. The van der Waals surface area contributed by atoms with Gasteiger partial charge in [-0.2, -0.15) is 4.31 Å². The lowest BCUT2D eigenvalue weighted by atomic mass is 10.1. The lowest BCUT2D eigenvalue weighted by Gasteiger charge is -2.20. The number of nitrogens with zero attached hydrogens (tertiary/aromatic N) is 3. The summed E-state index contributed by atoms with van der Waals surface area (Å²) in [6.07, 6.45) is 0. The Labute approximate surface area is 151 Å². The van der Waals surface area contributed by atoms with E-state index in [2.05, 4.69) is 9.88 Å². The molecule has 0 radical (unpaired) electrons. The van der Waals surface area contributed by atoms with Gasteiger partial charge in [0.1, 0.15) is 5.82 Å². The SMILES string of the molecule is Cc1nc(CN2CC3CN(Cc4ccc(F)cc4)CC3S2(=O)=O)cs1. The van der Waals surface area contributed by atoms with Gasteiger partial charge in [-0.3, -0.25) is 4.90 Å². The van der Waals surface area contributed by atoms with Crippen molar-refractivity contribution in [1.29, 1.82) is 0 Å². The predicted molar refractivity (Wildman–Crippen MR) is 95.1 cm³/mol. The van der Waals surface area contributed by atoms with Gasteiger partial charge in [0.15, 0.2) is 0 Å². The first-order valence-electron chi connectivity index (χ1n) is 8.28. The summed E-state index contributed by atoms with van der Waals surface area (Å²) in [6, 6.07) is 6.41. The number of benzene rings is 1. The molecule has 2 aromatic rings. The minimum absolute atomic E-state index is 0.130. The summed E-state index contributed by atoms with van der Waals surface area (Å²) in [5, 5.41) is 2.55. The molecule has 2 unspecified atom stereocenters. The summed E-state index contributed by atoms with van der Waals surface area (Å²) < 4.78 is 40.3. The highest BCUT2D eigenvalue weighted by molar-refractivity contribution is 7.90. The fourth-order valence-corrected chi connectivity index (χ4v) is 6.55. The number of likely N-dealkylation sites (tertiary alicyclic amines) is 1. The van der Waals surface area contributed by atoms with Gasteiger partial charge in [0.05, 0.1) is 22.5 Å². The average molecular weight is 381 g/mol. The molecule has 2 fully saturated rings. The van der Waals surface area contributed by atoms with Crippen LogP contribution in [0.4, 0.5) is 4.39 Å². The van der Waals surface area contributed by atoms with E-state index in [1.165, 1.54) is 12.1 Å². The normalized spacial score (nSPS) is 26.2. The molecule has 1 aromatic heterocycles. The Balaban J connectivity index is 1.43. The van der Waals surface area contributed by atoms with E-state index in [1.807, 2.05) is 12.3 Å². The lowest BCUT2D eigenvalue weighted by molar-refractivity contribution is 0.294. The van der Waals surface area contributed by atoms with Crippen molar-refractivity contribution in [2.75, 3.05) is 19.6 Å². The Morgan fingerprint density at radius 1 is 1.20 bits per heavy atom. The molecular weight excluding hydrogens is 361 g/mol. The first-order chi connectivity index (χ1) is 11.9. The summed E-state index contributed by atoms with van der Waals surface area (Å²) in [6.45, 7) is 4.81. The first-order valence-corrected chi connectivity index (χ1v) is 10.7. The number of sulfonamides is 1. The standard InChI is InChI=1S/C17H20FN3O2S2/c1-12-19-16(11-24-12)9-21-8-14-7-20(10-17(14)25(21,22)23)6-13-2-4-15(18)5-3-13/h2-5,11,14,17H,6-10H2,1H3. The molecule has 2 aliphatic heterocycles. The van der Waals surface area contributed by atoms with Gasteiger partial charge in [-0.25, -0.2) is 17.8 Å². The maximum absolute atomic E-state index is 13.0. The number of aromatic nitrogens is 1. The zero-order valence-corrected chi connectivity index (χ0v) is 15.6. The third-order valence-electron chi connectivity index (χ3n) is 4.96. The zero-order chi connectivity index (χ0) is 17.6. The lowest BCUT2D eigenvalue weighted by Crippen LogP contribution is -2.34. The fourth-order valence-electron chi connectivity index (χ4n) is 3.79. The molecule has 0 N–H and O–H groups in total. The van der Waals surface area contributed by atoms with E-state index in [1.54, 1.807) is 27.8 Å². The van der Waals surface area contributed by atoms with E-state index >= 15 is 0 Å². The van der Waals surface area contributed by atoms with Gasteiger partial charge in [0, 0.05) is 37.5 Å². The Morgan fingerprint density at radius 3 is 2.60 bits per heavy atom. The molecule has 5 nitrogen and oxygen atoms in total. The molecule has 0 amide bonds. The fraction of sp³-hybridized carbons (Fsp3) is 0.471. The molecule has 134 valence electrons. The minimum Gasteiger partial charge on any atom is -0.297 e. The van der Waals surface area contributed by atoms with Crippen molar-refractivity contribution in [1.82, 2.24) is 14.2 Å². The average Bonchev–Trinajstić information content (AvgIpc) is 3.20. The molecular formula is C17H20FN3O2S2. The molecule has 2 saturated heterocycles. The molecule has 0 saturated carbocycles. The van der Waals surface area contributed by atoms with Crippen molar-refractivity contribution < 1.29 is 12.8 Å². The van der Waals surface area contributed by atoms with Gasteiger partial charge in [0.2, 0.25) is 10.0 Å². The second kappa shape index (κ2) is 6.42. The molecule has 2 aliphatic rings. The van der Waals surface area contributed by atoms with Crippen molar-refractivity contribution in [3.05, 3.63) is 51.7 Å². The van der Waals surface area contributed by atoms with Crippen LogP contribution >= 0.6 is 11.3 Å². The van der Waals surface area contributed by atoms with Gasteiger partial charge in [0.25, 0.3) is 0 Å². The molecule has 25 heavy (non-hydrogen) atoms. The predicted octanol–water partition coefficient (Wildman–Crippen LogP) is 2.24.